The Kier molecular flexibility index (Phi) is 9.21. The summed E-state index contributed by atoms with van der Waals surface area (Å²) in [7, 11) is -3.84. The molecular weight excluding hydrogens is 444 g/mol. The van der Waals surface area contributed by atoms with E-state index in [4.69, 9.17) is 14.6 Å². The van der Waals surface area contributed by atoms with E-state index in [9.17, 15) is 0 Å². The molecule has 8 heteroatoms. The smallest absolute Gasteiger partial charge is 0.200 e. The van der Waals surface area contributed by atoms with Gasteiger partial charge in [0.1, 0.15) is 6.33 Å². The molecule has 1 aromatic heterocycles. The molecule has 0 spiro atoms. The third-order valence-corrected chi connectivity index (χ3v) is 18.9. The quantitative estimate of drug-likeness (QED) is 0.347. The average molecular weight is 495 g/mol. The minimum absolute atomic E-state index is 0.189. The van der Waals surface area contributed by atoms with E-state index in [0.717, 1.165) is 25.3 Å². The summed E-state index contributed by atoms with van der Waals surface area (Å²) in [5, 5.41) is 3.78. The van der Waals surface area contributed by atoms with Crippen LogP contribution in [0.2, 0.25) is 34.8 Å². The van der Waals surface area contributed by atoms with E-state index in [1.807, 2.05) is 0 Å². The number of nitrogens with zero attached hydrogens (tertiary/aromatic N) is 2. The Labute approximate surface area is 205 Å². The summed E-state index contributed by atoms with van der Waals surface area (Å²) in [6.45, 7) is 26.5. The number of hydrogen-bond acceptors (Lipinski definition) is 6. The summed E-state index contributed by atoms with van der Waals surface area (Å²) >= 11 is 0. The molecule has 0 bridgehead atoms. The lowest BCUT2D eigenvalue weighted by Crippen LogP contribution is -2.51. The highest BCUT2D eigenvalue weighted by Gasteiger charge is 2.50. The summed E-state index contributed by atoms with van der Waals surface area (Å²) in [6.07, 6.45) is 5.35. The highest BCUT2D eigenvalue weighted by Crippen LogP contribution is 2.46. The van der Waals surface area contributed by atoms with Crippen molar-refractivity contribution in [1.82, 2.24) is 9.97 Å². The van der Waals surface area contributed by atoms with Crippen LogP contribution >= 0.6 is 0 Å². The number of rotatable bonds is 10. The van der Waals surface area contributed by atoms with Crippen molar-refractivity contribution < 1.29 is 8.85 Å². The molecule has 0 radical (unpaired) electrons. The van der Waals surface area contributed by atoms with Gasteiger partial charge >= 0.3 is 0 Å². The number of nitrogens with two attached hydrogens (primary N) is 1. The maximum Gasteiger partial charge on any atom is 0.200 e. The molecule has 1 fully saturated rings. The van der Waals surface area contributed by atoms with Gasteiger partial charge in [-0.1, -0.05) is 62.3 Å². The van der Waals surface area contributed by atoms with Crippen LogP contribution in [0.25, 0.3) is 0 Å². The Morgan fingerprint density at radius 2 is 1.64 bits per heavy atom. The van der Waals surface area contributed by atoms with E-state index in [1.165, 1.54) is 0 Å². The largest absolute Gasteiger partial charge is 0.416 e. The Morgan fingerprint density at radius 3 is 2.12 bits per heavy atom. The second kappa shape index (κ2) is 10.7. The van der Waals surface area contributed by atoms with Crippen LogP contribution in [0.3, 0.4) is 0 Å². The lowest BCUT2D eigenvalue weighted by atomic mass is 10.1. The summed E-state index contributed by atoms with van der Waals surface area (Å²) < 4.78 is 14.0. The van der Waals surface area contributed by atoms with Crippen LogP contribution in [-0.4, -0.2) is 45.4 Å². The van der Waals surface area contributed by atoms with Crippen molar-refractivity contribution in [2.45, 2.75) is 122 Å². The van der Waals surface area contributed by atoms with Crippen molar-refractivity contribution >= 4 is 28.1 Å². The van der Waals surface area contributed by atoms with Gasteiger partial charge in [0.05, 0.1) is 18.0 Å². The molecule has 0 amide bonds. The SMILES string of the molecule is CC(C)[Si](O[C@H]1C[C@H](Nc2ncncc2N)C[C@@H]1CO[Si](C)(C)C(C)(C)C)(C(C)C)C(C)C. The number of aromatic nitrogens is 2. The Morgan fingerprint density at radius 1 is 1.06 bits per heavy atom. The molecular formula is C25H50N4O2Si2. The molecule has 1 heterocycles. The van der Waals surface area contributed by atoms with Crippen molar-refractivity contribution in [2.75, 3.05) is 17.7 Å². The number of nitrogen functional groups attached to an aromatic ring is 1. The molecule has 1 aliphatic carbocycles. The van der Waals surface area contributed by atoms with Gasteiger partial charge in [-0.25, -0.2) is 9.97 Å². The van der Waals surface area contributed by atoms with Gasteiger partial charge in [0.15, 0.2) is 14.1 Å². The molecule has 0 unspecified atom stereocenters. The van der Waals surface area contributed by atoms with Crippen molar-refractivity contribution in [2.24, 2.45) is 5.92 Å². The van der Waals surface area contributed by atoms with Crippen LogP contribution in [0.15, 0.2) is 12.5 Å². The molecule has 0 aromatic carbocycles. The maximum atomic E-state index is 7.32. The summed E-state index contributed by atoms with van der Waals surface area (Å²) in [5.41, 5.74) is 8.39. The van der Waals surface area contributed by atoms with Gasteiger partial charge in [0, 0.05) is 18.6 Å². The van der Waals surface area contributed by atoms with Crippen molar-refractivity contribution in [3.05, 3.63) is 12.5 Å². The molecule has 0 aliphatic heterocycles. The molecule has 6 nitrogen and oxygen atoms in total. The second-order valence-corrected chi connectivity index (χ2v) is 22.7. The molecule has 0 saturated heterocycles. The Hall–Kier alpha value is -0.966. The van der Waals surface area contributed by atoms with Crippen LogP contribution in [0, 0.1) is 5.92 Å². The lowest BCUT2D eigenvalue weighted by Gasteiger charge is -2.45. The normalized spacial score (nSPS) is 22.5. The predicted molar refractivity (Wildman–Crippen MR) is 146 cm³/mol. The third-order valence-electron chi connectivity index (χ3n) is 8.24. The highest BCUT2D eigenvalue weighted by molar-refractivity contribution is 6.77. The minimum atomic E-state index is -2.00. The van der Waals surface area contributed by atoms with Gasteiger partial charge in [-0.3, -0.25) is 0 Å². The first-order valence-corrected chi connectivity index (χ1v) is 17.8. The Bertz CT molecular complexity index is 743. The third kappa shape index (κ3) is 6.38. The standard InChI is InChI=1S/C25H50N4O2Si2/c1-17(2)33(18(3)4,19(5)6)31-23-13-21(29-24-22(26)14-27-16-28-24)12-20(23)15-30-32(10,11)25(7,8)9/h14,16-21,23H,12-13,15,26H2,1-11H3,(H,27,28,29)/t20-,21-,23+/m1/s1. The fourth-order valence-electron chi connectivity index (χ4n) is 5.38. The molecule has 3 N–H and O–H groups in total. The van der Waals surface area contributed by atoms with Gasteiger partial charge in [-0.2, -0.15) is 0 Å². The topological polar surface area (TPSA) is 82.3 Å². The van der Waals surface area contributed by atoms with Crippen LogP contribution in [0.5, 0.6) is 0 Å². The molecule has 1 aromatic rings. The zero-order valence-corrected chi connectivity index (χ0v) is 25.0. The van der Waals surface area contributed by atoms with Gasteiger partial charge in [-0.05, 0) is 47.6 Å². The van der Waals surface area contributed by atoms with Crippen LogP contribution < -0.4 is 11.1 Å². The van der Waals surface area contributed by atoms with E-state index >= 15 is 0 Å². The molecule has 1 aliphatic rings. The van der Waals surface area contributed by atoms with Crippen molar-refractivity contribution in [3.8, 4) is 0 Å². The minimum Gasteiger partial charge on any atom is -0.416 e. The van der Waals surface area contributed by atoms with Crippen molar-refractivity contribution in [3.63, 3.8) is 0 Å². The first kappa shape index (κ1) is 28.3. The summed E-state index contributed by atoms with van der Waals surface area (Å²) in [4.78, 5) is 8.39. The fourth-order valence-corrected chi connectivity index (χ4v) is 12.1. The van der Waals surface area contributed by atoms with Crippen LogP contribution in [0.4, 0.5) is 11.5 Å². The molecule has 3 atom stereocenters. The number of anilines is 2. The van der Waals surface area contributed by atoms with Gasteiger partial charge in [0.2, 0.25) is 8.32 Å². The predicted octanol–water partition coefficient (Wildman–Crippen LogP) is 6.83. The van der Waals surface area contributed by atoms with E-state index in [-0.39, 0.29) is 17.2 Å². The summed E-state index contributed by atoms with van der Waals surface area (Å²) in [5.74, 6) is 1.09. The van der Waals surface area contributed by atoms with Gasteiger partial charge < -0.3 is 19.9 Å². The zero-order chi connectivity index (χ0) is 25.2. The molecule has 33 heavy (non-hydrogen) atoms. The van der Waals surface area contributed by atoms with E-state index in [0.29, 0.717) is 28.2 Å². The maximum absolute atomic E-state index is 7.32. The Balaban J connectivity index is 2.29. The highest BCUT2D eigenvalue weighted by atomic mass is 28.4. The van der Waals surface area contributed by atoms with Gasteiger partial charge in [-0.15, -0.1) is 0 Å². The number of nitrogens with one attached hydrogen (secondary N) is 1. The first-order valence-electron chi connectivity index (χ1n) is 12.8. The molecule has 1 saturated carbocycles. The van der Waals surface area contributed by atoms with E-state index in [2.05, 4.69) is 90.7 Å². The first-order chi connectivity index (χ1) is 15.1. The van der Waals surface area contributed by atoms with E-state index in [1.54, 1.807) is 12.5 Å². The average Bonchev–Trinajstić information content (AvgIpc) is 3.05. The zero-order valence-electron chi connectivity index (χ0n) is 23.0. The van der Waals surface area contributed by atoms with Crippen LogP contribution in [-0.2, 0) is 8.85 Å². The van der Waals surface area contributed by atoms with Crippen molar-refractivity contribution in [1.29, 1.82) is 0 Å². The second-order valence-electron chi connectivity index (χ2n) is 12.4. The van der Waals surface area contributed by atoms with Gasteiger partial charge in [0.25, 0.3) is 0 Å². The van der Waals surface area contributed by atoms with E-state index < -0.39 is 16.6 Å². The fraction of sp³-hybridized carbons (Fsp3) is 0.840. The molecule has 190 valence electrons. The monoisotopic (exact) mass is 494 g/mol. The van der Waals surface area contributed by atoms with Crippen LogP contribution in [0.1, 0.15) is 75.2 Å². The lowest BCUT2D eigenvalue weighted by molar-refractivity contribution is 0.0971. The number of hydrogen-bond donors (Lipinski definition) is 2. The molecule has 2 rings (SSSR count). The summed E-state index contributed by atoms with van der Waals surface area (Å²) in [6, 6.07) is 0.262.